The topological polar surface area (TPSA) is 72.8 Å². The van der Waals surface area contributed by atoms with Crippen LogP contribution in [0.3, 0.4) is 0 Å². The molecule has 0 heterocycles. The van der Waals surface area contributed by atoms with Crippen molar-refractivity contribution in [3.05, 3.63) is 24.3 Å². The van der Waals surface area contributed by atoms with Crippen molar-refractivity contribution in [1.82, 2.24) is 0 Å². The van der Waals surface area contributed by atoms with Gasteiger partial charge in [-0.3, -0.25) is 9.59 Å². The summed E-state index contributed by atoms with van der Waals surface area (Å²) in [6.45, 7) is 4.14. The zero-order valence-corrected chi connectivity index (χ0v) is 33.4. The Balaban J connectivity index is 3.50. The lowest BCUT2D eigenvalue weighted by Gasteiger charge is -2.15. The Kier molecular flexibility index (Phi) is 40.4. The molecule has 0 aliphatic rings. The van der Waals surface area contributed by atoms with Gasteiger partial charge in [-0.1, -0.05) is 179 Å². The average Bonchev–Trinajstić information content (AvgIpc) is 3.12. The molecule has 0 unspecified atom stereocenters. The van der Waals surface area contributed by atoms with Gasteiger partial charge in [0.05, 0.1) is 6.61 Å². The van der Waals surface area contributed by atoms with Crippen LogP contribution in [0.5, 0.6) is 0 Å². The maximum Gasteiger partial charge on any atom is 0.306 e. The molecule has 1 atom stereocenters. The number of hydrogen-bond acceptors (Lipinski definition) is 5. The molecular weight excluding hydrogens is 620 g/mol. The lowest BCUT2D eigenvalue weighted by Crippen LogP contribution is -2.28. The van der Waals surface area contributed by atoms with E-state index < -0.39 is 6.10 Å². The summed E-state index contributed by atoms with van der Waals surface area (Å²) in [6, 6.07) is 0. The van der Waals surface area contributed by atoms with Crippen LogP contribution in [0.1, 0.15) is 232 Å². The van der Waals surface area contributed by atoms with Crippen LogP contribution in [0.15, 0.2) is 24.3 Å². The molecule has 0 bridgehead atoms. The Bertz CT molecular complexity index is 761. The van der Waals surface area contributed by atoms with E-state index in [-0.39, 0.29) is 25.2 Å². The smallest absolute Gasteiger partial charge is 0.306 e. The SMILES string of the molecule is CCCCCC/C=C/CCCCCCCCCC(=O)OC[C@H](CO)OC(=O)CCCCCCCCCCCCC/C=C/CCCCCCCC. The van der Waals surface area contributed by atoms with Crippen LogP contribution in [0, 0.1) is 0 Å². The monoisotopic (exact) mass is 705 g/mol. The summed E-state index contributed by atoms with van der Waals surface area (Å²) >= 11 is 0. The van der Waals surface area contributed by atoms with Crippen LogP contribution in [-0.2, 0) is 19.1 Å². The molecule has 0 fully saturated rings. The van der Waals surface area contributed by atoms with Crippen molar-refractivity contribution < 1.29 is 24.2 Å². The van der Waals surface area contributed by atoms with Gasteiger partial charge >= 0.3 is 11.9 Å². The average molecular weight is 705 g/mol. The maximum absolute atomic E-state index is 12.2. The molecule has 0 aliphatic carbocycles. The van der Waals surface area contributed by atoms with Gasteiger partial charge in [-0.15, -0.1) is 0 Å². The molecule has 0 rings (SSSR count). The van der Waals surface area contributed by atoms with E-state index in [1.54, 1.807) is 0 Å². The molecule has 0 aromatic heterocycles. The Morgan fingerprint density at radius 3 is 1.10 bits per heavy atom. The van der Waals surface area contributed by atoms with Crippen molar-refractivity contribution in [2.45, 2.75) is 238 Å². The van der Waals surface area contributed by atoms with Crippen molar-refractivity contribution in [3.63, 3.8) is 0 Å². The third kappa shape index (κ3) is 39.2. The highest BCUT2D eigenvalue weighted by molar-refractivity contribution is 5.70. The summed E-state index contributed by atoms with van der Waals surface area (Å²) in [5.74, 6) is -0.588. The van der Waals surface area contributed by atoms with Gasteiger partial charge in [0.15, 0.2) is 6.10 Å². The highest BCUT2D eigenvalue weighted by Gasteiger charge is 2.16. The van der Waals surface area contributed by atoms with Gasteiger partial charge in [-0.2, -0.15) is 0 Å². The van der Waals surface area contributed by atoms with Crippen molar-refractivity contribution in [1.29, 1.82) is 0 Å². The molecule has 50 heavy (non-hydrogen) atoms. The van der Waals surface area contributed by atoms with E-state index in [9.17, 15) is 14.7 Å². The first-order valence-electron chi connectivity index (χ1n) is 21.9. The Hall–Kier alpha value is -1.62. The molecule has 0 aromatic rings. The van der Waals surface area contributed by atoms with Gasteiger partial charge < -0.3 is 14.6 Å². The number of rotatable bonds is 40. The number of carbonyl (C=O) groups excluding carboxylic acids is 2. The number of esters is 2. The number of carbonyl (C=O) groups is 2. The number of unbranched alkanes of at least 4 members (excludes halogenated alkanes) is 28. The fourth-order valence-electron chi connectivity index (χ4n) is 6.37. The number of aliphatic hydroxyl groups is 1. The molecule has 0 amide bonds. The molecule has 0 aromatic carbocycles. The fraction of sp³-hybridized carbons (Fsp3) is 0.867. The van der Waals surface area contributed by atoms with Gasteiger partial charge in [-0.25, -0.2) is 0 Å². The predicted molar refractivity (Wildman–Crippen MR) is 215 cm³/mol. The van der Waals surface area contributed by atoms with E-state index in [1.165, 1.54) is 167 Å². The van der Waals surface area contributed by atoms with Crippen molar-refractivity contribution in [2.24, 2.45) is 0 Å². The molecule has 294 valence electrons. The van der Waals surface area contributed by atoms with Crippen LogP contribution in [0.2, 0.25) is 0 Å². The van der Waals surface area contributed by atoms with E-state index in [0.29, 0.717) is 12.8 Å². The van der Waals surface area contributed by atoms with Gasteiger partial charge in [0.2, 0.25) is 0 Å². The molecule has 0 radical (unpaired) electrons. The maximum atomic E-state index is 12.2. The first kappa shape index (κ1) is 48.4. The summed E-state index contributed by atoms with van der Waals surface area (Å²) < 4.78 is 10.6. The quantitative estimate of drug-likeness (QED) is 0.0390. The predicted octanol–water partition coefficient (Wildman–Crippen LogP) is 13.8. The first-order valence-corrected chi connectivity index (χ1v) is 21.9. The summed E-state index contributed by atoms with van der Waals surface area (Å²) in [5, 5.41) is 9.58. The third-order valence-corrected chi connectivity index (χ3v) is 9.72. The van der Waals surface area contributed by atoms with E-state index >= 15 is 0 Å². The lowest BCUT2D eigenvalue weighted by molar-refractivity contribution is -0.161. The largest absolute Gasteiger partial charge is 0.462 e. The van der Waals surface area contributed by atoms with Crippen LogP contribution in [0.25, 0.3) is 0 Å². The number of ether oxygens (including phenoxy) is 2. The van der Waals surface area contributed by atoms with Crippen molar-refractivity contribution >= 4 is 11.9 Å². The van der Waals surface area contributed by atoms with Crippen molar-refractivity contribution in [2.75, 3.05) is 13.2 Å². The van der Waals surface area contributed by atoms with Crippen molar-refractivity contribution in [3.8, 4) is 0 Å². The molecule has 1 N–H and O–H groups in total. The van der Waals surface area contributed by atoms with Gasteiger partial charge in [0.25, 0.3) is 0 Å². The Morgan fingerprint density at radius 2 is 0.740 bits per heavy atom. The summed E-state index contributed by atoms with van der Waals surface area (Å²) in [6.07, 6.45) is 49.6. The van der Waals surface area contributed by atoms with Crippen LogP contribution >= 0.6 is 0 Å². The molecule has 0 saturated carbocycles. The fourth-order valence-corrected chi connectivity index (χ4v) is 6.37. The summed E-state index contributed by atoms with van der Waals surface area (Å²) in [7, 11) is 0. The highest BCUT2D eigenvalue weighted by atomic mass is 16.6. The van der Waals surface area contributed by atoms with E-state index in [2.05, 4.69) is 38.2 Å². The molecule has 0 aliphatic heterocycles. The number of allylic oxidation sites excluding steroid dienone is 4. The minimum atomic E-state index is -0.770. The second kappa shape index (κ2) is 41.8. The molecule has 0 saturated heterocycles. The zero-order chi connectivity index (χ0) is 36.4. The van der Waals surface area contributed by atoms with Crippen LogP contribution in [0.4, 0.5) is 0 Å². The minimum absolute atomic E-state index is 0.0649. The first-order chi connectivity index (χ1) is 24.6. The molecule has 5 nitrogen and oxygen atoms in total. The normalized spacial score (nSPS) is 12.3. The van der Waals surface area contributed by atoms with Gasteiger partial charge in [0, 0.05) is 12.8 Å². The molecule has 0 spiro atoms. The zero-order valence-electron chi connectivity index (χ0n) is 33.4. The second-order valence-electron chi connectivity index (χ2n) is 14.8. The van der Waals surface area contributed by atoms with Crippen LogP contribution in [-0.4, -0.2) is 36.4 Å². The Morgan fingerprint density at radius 1 is 0.440 bits per heavy atom. The number of aliphatic hydroxyl groups excluding tert-OH is 1. The molecular formula is C45H84O5. The van der Waals surface area contributed by atoms with E-state index in [4.69, 9.17) is 9.47 Å². The highest BCUT2D eigenvalue weighted by Crippen LogP contribution is 2.15. The third-order valence-electron chi connectivity index (χ3n) is 9.72. The van der Waals surface area contributed by atoms with Gasteiger partial charge in [-0.05, 0) is 64.2 Å². The second-order valence-corrected chi connectivity index (χ2v) is 14.8. The van der Waals surface area contributed by atoms with Gasteiger partial charge in [0.1, 0.15) is 6.61 Å². The minimum Gasteiger partial charge on any atom is -0.462 e. The summed E-state index contributed by atoms with van der Waals surface area (Å²) in [5.41, 5.74) is 0. The lowest BCUT2D eigenvalue weighted by atomic mass is 10.0. The number of hydrogen-bond donors (Lipinski definition) is 1. The van der Waals surface area contributed by atoms with E-state index in [0.717, 1.165) is 38.5 Å². The van der Waals surface area contributed by atoms with Crippen LogP contribution < -0.4 is 0 Å². The summed E-state index contributed by atoms with van der Waals surface area (Å²) in [4.78, 5) is 24.3. The standard InChI is InChI=1S/C45H84O5/c1-3-5-7-9-11-13-15-17-19-20-21-22-23-24-26-28-30-32-34-36-38-40-45(48)50-43(41-46)42-49-44(47)39-37-35-33-31-29-27-25-18-16-14-12-10-8-6-4-2/h14,16-17,19,43,46H,3-13,15,18,20-42H2,1-2H3/b16-14+,19-17+/t43-/m0/s1. The Labute approximate surface area is 311 Å². The van der Waals surface area contributed by atoms with E-state index in [1.807, 2.05) is 0 Å². The molecule has 5 heteroatoms.